The van der Waals surface area contributed by atoms with Gasteiger partial charge in [-0.05, 0) is 29.3 Å². The van der Waals surface area contributed by atoms with Crippen LogP contribution in [0, 0.1) is 22.2 Å². The number of esters is 1. The predicted octanol–water partition coefficient (Wildman–Crippen LogP) is 5.12. The largest absolute Gasteiger partial charge is 0.468 e. The first-order valence-electron chi connectivity index (χ1n) is 10.5. The fraction of sp³-hybridized carbons (Fsp3) is 0.346. The number of anilines is 1. The highest BCUT2D eigenvalue weighted by Gasteiger charge is 2.67. The van der Waals surface area contributed by atoms with Gasteiger partial charge in [-0.1, -0.05) is 79.2 Å². The van der Waals surface area contributed by atoms with Crippen LogP contribution in [-0.2, 0) is 14.3 Å². The summed E-state index contributed by atoms with van der Waals surface area (Å²) in [7, 11) is 1.30. The molecule has 6 heteroatoms. The molecule has 2 aromatic carbocycles. The van der Waals surface area contributed by atoms with E-state index in [1.54, 1.807) is 0 Å². The molecule has 4 rings (SSSR count). The molecule has 4 atom stereocenters. The molecule has 0 aromatic heterocycles. The van der Waals surface area contributed by atoms with Gasteiger partial charge in [0.2, 0.25) is 0 Å². The fourth-order valence-corrected chi connectivity index (χ4v) is 5.29. The van der Waals surface area contributed by atoms with Gasteiger partial charge in [-0.2, -0.15) is 5.26 Å². The Balaban J connectivity index is 2.06. The molecule has 0 spiro atoms. The molecule has 0 unspecified atom stereocenters. The second kappa shape index (κ2) is 7.90. The third-order valence-corrected chi connectivity index (χ3v) is 7.02. The van der Waals surface area contributed by atoms with Crippen LogP contribution in [0.5, 0.6) is 0 Å². The average Bonchev–Trinajstić information content (AvgIpc) is 3.09. The number of fused-ring (bicyclic) bond motifs is 3. The summed E-state index contributed by atoms with van der Waals surface area (Å²) in [6.07, 6.45) is 3.79. The zero-order chi connectivity index (χ0) is 23.3. The molecule has 0 aliphatic carbocycles. The third kappa shape index (κ3) is 3.18. The molecule has 0 N–H and O–H groups in total. The quantitative estimate of drug-likeness (QED) is 0.556. The number of methoxy groups -OCH3 is 1. The molecule has 2 heterocycles. The molecule has 0 bridgehead atoms. The molecule has 1 fully saturated rings. The van der Waals surface area contributed by atoms with Gasteiger partial charge in [0.15, 0.2) is 11.2 Å². The van der Waals surface area contributed by atoms with E-state index in [0.29, 0.717) is 0 Å². The molecule has 2 aliphatic heterocycles. The van der Waals surface area contributed by atoms with Gasteiger partial charge in [-0.25, -0.2) is 0 Å². The van der Waals surface area contributed by atoms with Crippen molar-refractivity contribution in [3.8, 4) is 6.07 Å². The number of Topliss-reactive ketones (excluding diaryl/α,β-unsaturated/α-hetero) is 1. The van der Waals surface area contributed by atoms with Crippen LogP contribution in [0.25, 0.3) is 6.08 Å². The van der Waals surface area contributed by atoms with Gasteiger partial charge < -0.3 is 9.64 Å². The molecule has 32 heavy (non-hydrogen) atoms. The van der Waals surface area contributed by atoms with E-state index < -0.39 is 34.8 Å². The minimum atomic E-state index is -1.59. The third-order valence-electron chi connectivity index (χ3n) is 6.49. The second-order valence-electron chi connectivity index (χ2n) is 9.33. The topological polar surface area (TPSA) is 70.4 Å². The number of ketones is 1. The smallest absolute Gasteiger partial charge is 0.329 e. The molecule has 164 valence electrons. The van der Waals surface area contributed by atoms with Gasteiger partial charge in [-0.3, -0.25) is 9.59 Å². The molecule has 0 amide bonds. The van der Waals surface area contributed by atoms with Gasteiger partial charge in [-0.15, -0.1) is 0 Å². The van der Waals surface area contributed by atoms with Crippen LogP contribution in [0.15, 0.2) is 59.1 Å². The molecular weight excluding hydrogens is 468 g/mol. The van der Waals surface area contributed by atoms with Crippen molar-refractivity contribution in [2.45, 2.75) is 38.8 Å². The van der Waals surface area contributed by atoms with Crippen molar-refractivity contribution < 1.29 is 14.3 Å². The average molecular weight is 493 g/mol. The van der Waals surface area contributed by atoms with E-state index in [2.05, 4.69) is 22.0 Å². The van der Waals surface area contributed by atoms with Crippen LogP contribution in [0.1, 0.15) is 37.8 Å². The highest BCUT2D eigenvalue weighted by Crippen LogP contribution is 2.56. The Hall–Kier alpha value is -2.91. The van der Waals surface area contributed by atoms with Crippen molar-refractivity contribution in [2.75, 3.05) is 12.0 Å². The number of nitrogens with zero attached hydrogens (tertiary/aromatic N) is 2. The van der Waals surface area contributed by atoms with Gasteiger partial charge in [0.1, 0.15) is 0 Å². The number of hydrogen-bond donors (Lipinski definition) is 0. The Morgan fingerprint density at radius 3 is 2.38 bits per heavy atom. The molecule has 2 aliphatic rings. The number of carbonyl (C=O) groups excluding carboxylic acids is 2. The number of carbonyl (C=O) groups is 2. The molecule has 0 radical (unpaired) electrons. The minimum absolute atomic E-state index is 0.0263. The summed E-state index contributed by atoms with van der Waals surface area (Å²) in [5, 5.41) is 10.6. The highest BCUT2D eigenvalue weighted by molar-refractivity contribution is 9.10. The minimum Gasteiger partial charge on any atom is -0.468 e. The Labute approximate surface area is 196 Å². The summed E-state index contributed by atoms with van der Waals surface area (Å²) in [5.74, 6) is -1.36. The van der Waals surface area contributed by atoms with Crippen molar-refractivity contribution in [2.24, 2.45) is 10.8 Å². The van der Waals surface area contributed by atoms with E-state index in [1.807, 2.05) is 86.4 Å². The van der Waals surface area contributed by atoms with E-state index in [1.165, 1.54) is 7.11 Å². The Morgan fingerprint density at radius 1 is 1.12 bits per heavy atom. The first-order valence-corrected chi connectivity index (χ1v) is 11.3. The molecule has 1 saturated heterocycles. The number of halogens is 1. The Morgan fingerprint density at radius 2 is 1.78 bits per heavy atom. The van der Waals surface area contributed by atoms with Crippen LogP contribution in [0.4, 0.5) is 5.69 Å². The van der Waals surface area contributed by atoms with E-state index in [4.69, 9.17) is 4.74 Å². The summed E-state index contributed by atoms with van der Waals surface area (Å²) in [6.45, 7) is 5.62. The highest BCUT2D eigenvalue weighted by atomic mass is 79.9. The lowest BCUT2D eigenvalue weighted by Crippen LogP contribution is -2.48. The number of benzene rings is 2. The molecule has 5 nitrogen and oxygen atoms in total. The lowest BCUT2D eigenvalue weighted by Gasteiger charge is -2.37. The van der Waals surface area contributed by atoms with Crippen LogP contribution in [0.3, 0.4) is 0 Å². The molecule has 0 saturated carbocycles. The number of hydrogen-bond acceptors (Lipinski definition) is 5. The van der Waals surface area contributed by atoms with E-state index in [-0.39, 0.29) is 5.78 Å². The monoisotopic (exact) mass is 492 g/mol. The van der Waals surface area contributed by atoms with E-state index >= 15 is 0 Å². The van der Waals surface area contributed by atoms with E-state index in [0.717, 1.165) is 21.3 Å². The SMILES string of the molecule is COC(=O)[C@@]1(C#N)[C@H](c2ccc(Br)cc2)[C@@H](C(=O)C(C)(C)C)N2c3ccccc3C=C[C@@H]21. The summed E-state index contributed by atoms with van der Waals surface area (Å²) < 4.78 is 6.09. The van der Waals surface area contributed by atoms with Crippen molar-refractivity contribution in [3.63, 3.8) is 0 Å². The predicted molar refractivity (Wildman–Crippen MR) is 127 cm³/mol. The summed E-state index contributed by atoms with van der Waals surface area (Å²) in [4.78, 5) is 29.3. The normalized spacial score (nSPS) is 26.1. The van der Waals surface area contributed by atoms with Crippen molar-refractivity contribution in [1.29, 1.82) is 5.26 Å². The maximum atomic E-state index is 14.0. The van der Waals surface area contributed by atoms with Crippen molar-refractivity contribution in [3.05, 3.63) is 70.2 Å². The first-order chi connectivity index (χ1) is 15.2. The lowest BCUT2D eigenvalue weighted by molar-refractivity contribution is -0.150. The van der Waals surface area contributed by atoms with Gasteiger partial charge >= 0.3 is 5.97 Å². The lowest BCUT2D eigenvalue weighted by atomic mass is 9.67. The van der Waals surface area contributed by atoms with Crippen LogP contribution >= 0.6 is 15.9 Å². The first kappa shape index (κ1) is 22.3. The van der Waals surface area contributed by atoms with Crippen LogP contribution in [-0.4, -0.2) is 30.9 Å². The summed E-state index contributed by atoms with van der Waals surface area (Å²) in [5.41, 5.74) is 0.274. The summed E-state index contributed by atoms with van der Waals surface area (Å²) in [6, 6.07) is 16.2. The standard InChI is InChI=1S/C26H25BrN2O3/c1-25(2,3)23(30)22-21(17-9-12-18(27)13-10-17)26(15-28,24(31)32-4)20-14-11-16-7-5-6-8-19(16)29(20)22/h5-14,20-22H,1-4H3/t20-,21-,22+,26-/m1/s1. The Bertz CT molecular complexity index is 1140. The Kier molecular flexibility index (Phi) is 5.50. The van der Waals surface area contributed by atoms with Crippen molar-refractivity contribution in [1.82, 2.24) is 0 Å². The number of rotatable bonds is 3. The second-order valence-corrected chi connectivity index (χ2v) is 10.2. The number of para-hydroxylation sites is 1. The zero-order valence-corrected chi connectivity index (χ0v) is 20.1. The van der Waals surface area contributed by atoms with Crippen LogP contribution < -0.4 is 4.90 Å². The van der Waals surface area contributed by atoms with Crippen LogP contribution in [0.2, 0.25) is 0 Å². The van der Waals surface area contributed by atoms with Gasteiger partial charge in [0, 0.05) is 21.5 Å². The summed E-state index contributed by atoms with van der Waals surface area (Å²) >= 11 is 3.46. The van der Waals surface area contributed by atoms with Gasteiger partial charge in [0.05, 0.1) is 25.3 Å². The van der Waals surface area contributed by atoms with Crippen molar-refractivity contribution >= 4 is 39.4 Å². The van der Waals surface area contributed by atoms with E-state index in [9.17, 15) is 14.9 Å². The molecule has 2 aromatic rings. The number of ether oxygens (including phenoxy) is 1. The zero-order valence-electron chi connectivity index (χ0n) is 18.5. The van der Waals surface area contributed by atoms with Gasteiger partial charge in [0.25, 0.3) is 0 Å². The maximum absolute atomic E-state index is 14.0. The number of nitriles is 1. The molecular formula is C26H25BrN2O3. The fourth-order valence-electron chi connectivity index (χ4n) is 5.02. The maximum Gasteiger partial charge on any atom is 0.329 e.